The predicted octanol–water partition coefficient (Wildman–Crippen LogP) is 5.85. The summed E-state index contributed by atoms with van der Waals surface area (Å²) in [7, 11) is 0. The molecule has 0 aliphatic heterocycles. The van der Waals surface area contributed by atoms with E-state index in [-0.39, 0.29) is 5.41 Å². The highest BCUT2D eigenvalue weighted by Crippen LogP contribution is 2.36. The Hall–Kier alpha value is -2.27. The molecule has 0 aliphatic carbocycles. The third-order valence-corrected chi connectivity index (χ3v) is 4.07. The molecule has 0 radical (unpaired) electrons. The van der Waals surface area contributed by atoms with Gasteiger partial charge in [0.05, 0.1) is 11.6 Å². The fourth-order valence-corrected chi connectivity index (χ4v) is 3.33. The van der Waals surface area contributed by atoms with Gasteiger partial charge in [0.1, 0.15) is 12.4 Å². The van der Waals surface area contributed by atoms with Gasteiger partial charge in [-0.1, -0.05) is 58.9 Å². The molecule has 2 aromatic rings. The van der Waals surface area contributed by atoms with E-state index in [4.69, 9.17) is 10.00 Å². The van der Waals surface area contributed by atoms with E-state index in [0.29, 0.717) is 17.6 Å². The van der Waals surface area contributed by atoms with Gasteiger partial charge in [0, 0.05) is 0 Å². The van der Waals surface area contributed by atoms with Crippen LogP contribution in [0.15, 0.2) is 48.5 Å². The number of hydrogen-bond donors (Lipinski definition) is 0. The van der Waals surface area contributed by atoms with Crippen LogP contribution in [-0.4, -0.2) is 0 Å². The molecule has 0 spiro atoms. The molecular formula is C22H27NO. The summed E-state index contributed by atoms with van der Waals surface area (Å²) in [6.07, 6.45) is 1.13. The van der Waals surface area contributed by atoms with Crippen molar-refractivity contribution in [3.05, 3.63) is 65.2 Å². The first-order valence-corrected chi connectivity index (χ1v) is 8.42. The Labute approximate surface area is 146 Å². The van der Waals surface area contributed by atoms with Crippen molar-refractivity contribution in [2.24, 2.45) is 5.41 Å². The molecule has 0 fully saturated rings. The van der Waals surface area contributed by atoms with Crippen LogP contribution in [0.2, 0.25) is 0 Å². The molecule has 0 atom stereocenters. The van der Waals surface area contributed by atoms with E-state index >= 15 is 0 Å². The molecule has 0 N–H and O–H groups in total. The van der Waals surface area contributed by atoms with Gasteiger partial charge in [-0.05, 0) is 52.6 Å². The standard InChI is InChI=1S/C22H27NO/c1-21(2,3)16-22(4,5)19-9-11-20(12-10-19)24-15-18-8-6-7-17(13-18)14-23/h6-13H,15-16H2,1-5H3. The monoisotopic (exact) mass is 321 g/mol. The molecule has 2 aromatic carbocycles. The number of hydrogen-bond acceptors (Lipinski definition) is 2. The average Bonchev–Trinajstić information content (AvgIpc) is 2.51. The number of benzene rings is 2. The van der Waals surface area contributed by atoms with Gasteiger partial charge in [-0.3, -0.25) is 0 Å². The smallest absolute Gasteiger partial charge is 0.119 e. The van der Waals surface area contributed by atoms with E-state index < -0.39 is 0 Å². The fourth-order valence-electron chi connectivity index (χ4n) is 3.33. The van der Waals surface area contributed by atoms with Crippen LogP contribution in [0.25, 0.3) is 0 Å². The summed E-state index contributed by atoms with van der Waals surface area (Å²) in [5, 5.41) is 8.94. The Morgan fingerprint density at radius 3 is 2.21 bits per heavy atom. The normalized spacial score (nSPS) is 11.8. The number of ether oxygens (including phenoxy) is 1. The zero-order valence-corrected chi connectivity index (χ0v) is 15.4. The largest absolute Gasteiger partial charge is 0.489 e. The van der Waals surface area contributed by atoms with Crippen molar-refractivity contribution in [1.82, 2.24) is 0 Å². The highest BCUT2D eigenvalue weighted by Gasteiger charge is 2.27. The lowest BCUT2D eigenvalue weighted by molar-refractivity contribution is 0.283. The molecule has 2 heteroatoms. The van der Waals surface area contributed by atoms with Crippen molar-refractivity contribution in [2.45, 2.75) is 53.1 Å². The van der Waals surface area contributed by atoms with E-state index in [1.165, 1.54) is 5.56 Å². The molecule has 0 heterocycles. The second-order valence-corrected chi connectivity index (χ2v) is 8.25. The molecule has 0 amide bonds. The summed E-state index contributed by atoms with van der Waals surface area (Å²) in [5.41, 5.74) is 3.43. The van der Waals surface area contributed by atoms with Crippen LogP contribution < -0.4 is 4.74 Å². The van der Waals surface area contributed by atoms with Gasteiger partial charge < -0.3 is 4.74 Å². The van der Waals surface area contributed by atoms with Crippen LogP contribution in [0.1, 0.15) is 57.7 Å². The Kier molecular flexibility index (Phi) is 5.34. The summed E-state index contributed by atoms with van der Waals surface area (Å²) in [6.45, 7) is 11.9. The van der Waals surface area contributed by atoms with E-state index in [0.717, 1.165) is 17.7 Å². The zero-order chi connectivity index (χ0) is 17.8. The zero-order valence-electron chi connectivity index (χ0n) is 15.4. The number of nitrogens with zero attached hydrogens (tertiary/aromatic N) is 1. The fraction of sp³-hybridized carbons (Fsp3) is 0.409. The lowest BCUT2D eigenvalue weighted by Gasteiger charge is -2.33. The molecule has 0 saturated carbocycles. The van der Waals surface area contributed by atoms with Crippen molar-refractivity contribution in [3.8, 4) is 11.8 Å². The van der Waals surface area contributed by atoms with Gasteiger partial charge >= 0.3 is 0 Å². The van der Waals surface area contributed by atoms with Crippen LogP contribution in [-0.2, 0) is 12.0 Å². The lowest BCUT2D eigenvalue weighted by Crippen LogP contribution is -2.24. The third kappa shape index (κ3) is 5.13. The summed E-state index contributed by atoms with van der Waals surface area (Å²) in [6, 6.07) is 18.1. The SMILES string of the molecule is CC(C)(C)CC(C)(C)c1ccc(OCc2cccc(C#N)c2)cc1. The van der Waals surface area contributed by atoms with Gasteiger partial charge in [-0.25, -0.2) is 0 Å². The van der Waals surface area contributed by atoms with E-state index in [1.807, 2.05) is 30.3 Å². The molecule has 2 rings (SSSR count). The Morgan fingerprint density at radius 1 is 0.958 bits per heavy atom. The van der Waals surface area contributed by atoms with Gasteiger partial charge in [-0.15, -0.1) is 0 Å². The summed E-state index contributed by atoms with van der Waals surface area (Å²) < 4.78 is 5.85. The number of rotatable bonds is 5. The molecule has 0 aliphatic rings. The maximum atomic E-state index is 8.94. The van der Waals surface area contributed by atoms with Crippen molar-refractivity contribution in [3.63, 3.8) is 0 Å². The second kappa shape index (κ2) is 7.09. The van der Waals surface area contributed by atoms with E-state index in [2.05, 4.69) is 52.8 Å². The Morgan fingerprint density at radius 2 is 1.62 bits per heavy atom. The topological polar surface area (TPSA) is 33.0 Å². The van der Waals surface area contributed by atoms with Crippen molar-refractivity contribution in [2.75, 3.05) is 0 Å². The Balaban J connectivity index is 2.03. The van der Waals surface area contributed by atoms with Crippen LogP contribution in [0, 0.1) is 16.7 Å². The highest BCUT2D eigenvalue weighted by atomic mass is 16.5. The number of nitriles is 1. The molecule has 0 bridgehead atoms. The second-order valence-electron chi connectivity index (χ2n) is 8.25. The van der Waals surface area contributed by atoms with E-state index in [1.54, 1.807) is 6.07 Å². The van der Waals surface area contributed by atoms with Gasteiger partial charge in [-0.2, -0.15) is 5.26 Å². The first-order chi connectivity index (χ1) is 11.2. The van der Waals surface area contributed by atoms with Gasteiger partial charge in [0.2, 0.25) is 0 Å². The average molecular weight is 321 g/mol. The maximum absolute atomic E-state index is 8.94. The maximum Gasteiger partial charge on any atom is 0.119 e. The minimum atomic E-state index is 0.137. The van der Waals surface area contributed by atoms with Crippen molar-refractivity contribution < 1.29 is 4.74 Å². The first-order valence-electron chi connectivity index (χ1n) is 8.42. The van der Waals surface area contributed by atoms with Gasteiger partial charge in [0.15, 0.2) is 0 Å². The molecule has 0 unspecified atom stereocenters. The molecule has 0 saturated heterocycles. The lowest BCUT2D eigenvalue weighted by atomic mass is 9.72. The van der Waals surface area contributed by atoms with Gasteiger partial charge in [0.25, 0.3) is 0 Å². The van der Waals surface area contributed by atoms with Crippen molar-refractivity contribution in [1.29, 1.82) is 5.26 Å². The molecular weight excluding hydrogens is 294 g/mol. The quantitative estimate of drug-likeness (QED) is 0.692. The minimum absolute atomic E-state index is 0.137. The van der Waals surface area contributed by atoms with E-state index in [9.17, 15) is 0 Å². The molecule has 24 heavy (non-hydrogen) atoms. The Bertz CT molecular complexity index is 715. The summed E-state index contributed by atoms with van der Waals surface area (Å²) in [4.78, 5) is 0. The highest BCUT2D eigenvalue weighted by molar-refractivity contribution is 5.34. The van der Waals surface area contributed by atoms with Crippen molar-refractivity contribution >= 4 is 0 Å². The summed E-state index contributed by atoms with van der Waals surface area (Å²) >= 11 is 0. The molecule has 0 aromatic heterocycles. The predicted molar refractivity (Wildman–Crippen MR) is 99.0 cm³/mol. The third-order valence-electron chi connectivity index (χ3n) is 4.07. The van der Waals surface area contributed by atoms with Crippen LogP contribution in [0.4, 0.5) is 0 Å². The molecule has 126 valence electrons. The molecule has 2 nitrogen and oxygen atoms in total. The summed E-state index contributed by atoms with van der Waals surface area (Å²) in [5.74, 6) is 0.854. The first kappa shape index (κ1) is 18.1. The minimum Gasteiger partial charge on any atom is -0.489 e. The van der Waals surface area contributed by atoms with Crippen LogP contribution in [0.5, 0.6) is 5.75 Å². The van der Waals surface area contributed by atoms with Crippen LogP contribution in [0.3, 0.4) is 0 Å². The van der Waals surface area contributed by atoms with Crippen LogP contribution >= 0.6 is 0 Å².